The average Bonchev–Trinajstić information content (AvgIpc) is 3.49. The van der Waals surface area contributed by atoms with Crippen molar-refractivity contribution in [1.29, 1.82) is 0 Å². The van der Waals surface area contributed by atoms with Gasteiger partial charge in [0.15, 0.2) is 11.5 Å². The number of nitrogens with one attached hydrogen (secondary N) is 1. The summed E-state index contributed by atoms with van der Waals surface area (Å²) in [5.41, 5.74) is -0.686. The van der Waals surface area contributed by atoms with Gasteiger partial charge in [0.05, 0.1) is 24.7 Å². The maximum absolute atomic E-state index is 13.8. The number of methoxy groups -OCH3 is 2. The SMILES string of the molecule is COc1ccc(CN(Cc2ccc(OC)cc2)c2nc(NCc3ccc(F)cc3C(F)(F)F)c([N+](=O)[O-])c(-c3ccc(C)o3)n2)cc1. The Labute approximate surface area is 266 Å². The zero-order valence-corrected chi connectivity index (χ0v) is 25.5. The summed E-state index contributed by atoms with van der Waals surface area (Å²) < 4.78 is 71.3. The number of aromatic nitrogens is 2. The second-order valence-corrected chi connectivity index (χ2v) is 10.4. The highest BCUT2D eigenvalue weighted by Gasteiger charge is 2.34. The Hall–Kier alpha value is -5.66. The summed E-state index contributed by atoms with van der Waals surface area (Å²) in [4.78, 5) is 22.6. The Morgan fingerprint density at radius 2 is 1.49 bits per heavy atom. The molecule has 2 aromatic heterocycles. The first-order valence-electron chi connectivity index (χ1n) is 14.2. The van der Waals surface area contributed by atoms with Crippen molar-refractivity contribution in [2.24, 2.45) is 0 Å². The van der Waals surface area contributed by atoms with E-state index in [0.29, 0.717) is 23.3 Å². The van der Waals surface area contributed by atoms with Crippen molar-refractivity contribution in [3.63, 3.8) is 0 Å². The maximum Gasteiger partial charge on any atom is 0.416 e. The molecule has 0 aliphatic heterocycles. The zero-order valence-electron chi connectivity index (χ0n) is 25.5. The molecule has 5 aromatic rings. The molecule has 0 radical (unpaired) electrons. The van der Waals surface area contributed by atoms with Crippen molar-refractivity contribution in [3.8, 4) is 23.0 Å². The van der Waals surface area contributed by atoms with E-state index >= 15 is 0 Å². The van der Waals surface area contributed by atoms with Crippen LogP contribution < -0.4 is 19.7 Å². The van der Waals surface area contributed by atoms with Crippen molar-refractivity contribution >= 4 is 17.5 Å². The number of ether oxygens (including phenoxy) is 2. The topological polar surface area (TPSA) is 116 Å². The summed E-state index contributed by atoms with van der Waals surface area (Å²) in [6.45, 7) is 1.57. The molecule has 5 rings (SSSR count). The Kier molecular flexibility index (Phi) is 9.59. The van der Waals surface area contributed by atoms with E-state index in [2.05, 4.69) is 15.3 Å². The number of hydrogen-bond donors (Lipinski definition) is 1. The Balaban J connectivity index is 1.64. The normalized spacial score (nSPS) is 11.3. The zero-order chi connectivity index (χ0) is 33.7. The number of alkyl halides is 3. The smallest absolute Gasteiger partial charge is 0.416 e. The van der Waals surface area contributed by atoms with Gasteiger partial charge in [0, 0.05) is 19.6 Å². The van der Waals surface area contributed by atoms with Crippen molar-refractivity contribution in [2.45, 2.75) is 32.7 Å². The molecule has 0 spiro atoms. The lowest BCUT2D eigenvalue weighted by Gasteiger charge is -2.24. The van der Waals surface area contributed by atoms with Crippen LogP contribution in [-0.2, 0) is 25.8 Å². The van der Waals surface area contributed by atoms with Crippen LogP contribution in [0, 0.1) is 22.9 Å². The number of benzene rings is 3. The Morgan fingerprint density at radius 3 is 1.98 bits per heavy atom. The number of hydrogen-bond acceptors (Lipinski definition) is 9. The maximum atomic E-state index is 13.8. The van der Waals surface area contributed by atoms with Crippen LogP contribution in [0.2, 0.25) is 0 Å². The van der Waals surface area contributed by atoms with E-state index in [4.69, 9.17) is 13.9 Å². The number of nitro groups is 1. The van der Waals surface area contributed by atoms with E-state index in [9.17, 15) is 27.7 Å². The van der Waals surface area contributed by atoms with Crippen LogP contribution in [0.4, 0.5) is 35.0 Å². The van der Waals surface area contributed by atoms with E-state index in [0.717, 1.165) is 23.3 Å². The minimum absolute atomic E-state index is 0.0314. The molecule has 244 valence electrons. The molecule has 47 heavy (non-hydrogen) atoms. The number of halogens is 4. The van der Waals surface area contributed by atoms with Gasteiger partial charge in [-0.3, -0.25) is 10.1 Å². The van der Waals surface area contributed by atoms with Gasteiger partial charge in [-0.2, -0.15) is 18.2 Å². The molecule has 14 heteroatoms. The molecule has 0 saturated carbocycles. The van der Waals surface area contributed by atoms with Crippen molar-refractivity contribution in [3.05, 3.63) is 123 Å². The third-order valence-corrected chi connectivity index (χ3v) is 7.20. The fraction of sp³-hybridized carbons (Fsp3) is 0.212. The van der Waals surface area contributed by atoms with E-state index in [1.165, 1.54) is 6.07 Å². The molecule has 0 fully saturated rings. The van der Waals surface area contributed by atoms with Crippen molar-refractivity contribution < 1.29 is 36.4 Å². The van der Waals surface area contributed by atoms with Gasteiger partial charge in [-0.05, 0) is 72.1 Å². The Bertz CT molecular complexity index is 1810. The van der Waals surface area contributed by atoms with Crippen LogP contribution in [0.5, 0.6) is 11.5 Å². The second-order valence-electron chi connectivity index (χ2n) is 10.4. The highest BCUT2D eigenvalue weighted by atomic mass is 19.4. The van der Waals surface area contributed by atoms with Crippen LogP contribution in [-0.4, -0.2) is 29.1 Å². The van der Waals surface area contributed by atoms with E-state index in [1.807, 2.05) is 24.3 Å². The summed E-state index contributed by atoms with van der Waals surface area (Å²) >= 11 is 0. The first-order chi connectivity index (χ1) is 22.4. The largest absolute Gasteiger partial charge is 0.497 e. The minimum atomic E-state index is -4.87. The van der Waals surface area contributed by atoms with Gasteiger partial charge >= 0.3 is 11.9 Å². The summed E-state index contributed by atoms with van der Waals surface area (Å²) in [5.74, 6) is 0.413. The molecule has 0 aliphatic rings. The van der Waals surface area contributed by atoms with E-state index < -0.39 is 34.7 Å². The summed E-state index contributed by atoms with van der Waals surface area (Å²) in [5, 5.41) is 15.2. The molecule has 10 nitrogen and oxygen atoms in total. The van der Waals surface area contributed by atoms with E-state index in [1.54, 1.807) is 56.4 Å². The van der Waals surface area contributed by atoms with E-state index in [-0.39, 0.29) is 41.9 Å². The molecule has 1 N–H and O–H groups in total. The van der Waals surface area contributed by atoms with Crippen molar-refractivity contribution in [2.75, 3.05) is 24.4 Å². The van der Waals surface area contributed by atoms with Crippen LogP contribution in [0.3, 0.4) is 0 Å². The molecule has 2 heterocycles. The van der Waals surface area contributed by atoms with Gasteiger partial charge in [-0.1, -0.05) is 30.3 Å². The fourth-order valence-electron chi connectivity index (χ4n) is 4.86. The molecular formula is C33H29F4N5O5. The fourth-order valence-corrected chi connectivity index (χ4v) is 4.86. The summed E-state index contributed by atoms with van der Waals surface area (Å²) in [7, 11) is 3.09. The third-order valence-electron chi connectivity index (χ3n) is 7.20. The lowest BCUT2D eigenvalue weighted by Crippen LogP contribution is -2.25. The van der Waals surface area contributed by atoms with Crippen molar-refractivity contribution in [1.82, 2.24) is 9.97 Å². The van der Waals surface area contributed by atoms with Crippen LogP contribution in [0.1, 0.15) is 28.0 Å². The summed E-state index contributed by atoms with van der Waals surface area (Å²) in [6.07, 6.45) is -4.87. The first kappa shape index (κ1) is 32.7. The van der Waals surface area contributed by atoms with Gasteiger partial charge in [-0.15, -0.1) is 0 Å². The number of rotatable bonds is 12. The standard InChI is InChI=1S/C33H29F4N5O5/c1-20-4-15-28(47-20)29-30(42(43)44)31(38-17-23-9-10-24(34)16-27(23)33(35,36)37)40-32(39-29)41(18-21-5-11-25(45-2)12-6-21)19-22-7-13-26(46-3)14-8-22/h4-16H,17-19H2,1-3H3,(H,38,39,40). The van der Waals surface area contributed by atoms with Gasteiger partial charge < -0.3 is 24.1 Å². The van der Waals surface area contributed by atoms with Gasteiger partial charge in [0.1, 0.15) is 23.1 Å². The van der Waals surface area contributed by atoms with Gasteiger partial charge in [-0.25, -0.2) is 9.37 Å². The van der Waals surface area contributed by atoms with Crippen LogP contribution >= 0.6 is 0 Å². The molecule has 3 aromatic carbocycles. The molecule has 0 amide bonds. The molecule has 0 saturated heterocycles. The lowest BCUT2D eigenvalue weighted by atomic mass is 10.1. The average molecular weight is 652 g/mol. The number of aryl methyl sites for hydroxylation is 1. The predicted octanol–water partition coefficient (Wildman–Crippen LogP) is 7.95. The predicted molar refractivity (Wildman–Crippen MR) is 166 cm³/mol. The van der Waals surface area contributed by atoms with Gasteiger partial charge in [0.25, 0.3) is 0 Å². The highest BCUT2D eigenvalue weighted by molar-refractivity contribution is 5.76. The third kappa shape index (κ3) is 7.77. The second kappa shape index (κ2) is 13.8. The summed E-state index contributed by atoms with van der Waals surface area (Å²) in [6, 6.07) is 19.8. The lowest BCUT2D eigenvalue weighted by molar-refractivity contribution is -0.383. The quantitative estimate of drug-likeness (QED) is 0.0815. The number of anilines is 2. The highest BCUT2D eigenvalue weighted by Crippen LogP contribution is 2.38. The number of nitrogens with zero attached hydrogens (tertiary/aromatic N) is 4. The molecule has 0 unspecified atom stereocenters. The molecule has 0 atom stereocenters. The monoisotopic (exact) mass is 651 g/mol. The first-order valence-corrected chi connectivity index (χ1v) is 14.2. The van der Waals surface area contributed by atoms with Crippen LogP contribution in [0.15, 0.2) is 83.3 Å². The molecule has 0 bridgehead atoms. The minimum Gasteiger partial charge on any atom is -0.497 e. The van der Waals surface area contributed by atoms with Crippen LogP contribution in [0.25, 0.3) is 11.5 Å². The van der Waals surface area contributed by atoms with Gasteiger partial charge in [0.2, 0.25) is 11.8 Å². The Morgan fingerprint density at radius 1 is 0.894 bits per heavy atom. The molecule has 0 aliphatic carbocycles. The molecular weight excluding hydrogens is 622 g/mol. The number of furan rings is 1.